The molecule has 0 fully saturated rings. The molecule has 0 aliphatic heterocycles. The lowest BCUT2D eigenvalue weighted by Crippen LogP contribution is -2.36. The molecule has 24 heavy (non-hydrogen) atoms. The normalized spacial score (nSPS) is 10.6. The largest absolute Gasteiger partial charge is 0.378 e. The Labute approximate surface area is 155 Å². The van der Waals surface area contributed by atoms with Gasteiger partial charge < -0.3 is 30.7 Å². The monoisotopic (exact) mass is 382 g/mol. The third-order valence-electron chi connectivity index (χ3n) is 2.66. The number of thiol groups is 2. The van der Waals surface area contributed by atoms with Gasteiger partial charge in [-0.05, 0) is 0 Å². The Kier molecular flexibility index (Phi) is 18.4. The first-order valence-electron chi connectivity index (χ1n) is 8.02. The summed E-state index contributed by atoms with van der Waals surface area (Å²) < 4.78 is 10.7. The standard InChI is InChI=1S/C14H30N4O4S2/c19-13(17-3-9-23)11-15-1-5-21-7-8-22-6-2-16-12-14(20)18-4-10-24/h15-16,23-24H,1-12H2,(H,17,19)(H,18,20). The van der Waals surface area contributed by atoms with E-state index in [1.165, 1.54) is 0 Å². The Morgan fingerprint density at radius 2 is 1.08 bits per heavy atom. The van der Waals surface area contributed by atoms with Crippen LogP contribution >= 0.6 is 25.3 Å². The average Bonchev–Trinajstić information content (AvgIpc) is 2.58. The van der Waals surface area contributed by atoms with Crippen LogP contribution in [0, 0.1) is 0 Å². The first kappa shape index (κ1) is 23.5. The number of ether oxygens (including phenoxy) is 2. The molecule has 8 nitrogen and oxygen atoms in total. The molecule has 0 aliphatic carbocycles. The lowest BCUT2D eigenvalue weighted by atomic mass is 10.5. The van der Waals surface area contributed by atoms with Gasteiger partial charge in [-0.25, -0.2) is 0 Å². The summed E-state index contributed by atoms with van der Waals surface area (Å²) in [5.74, 6) is 1.18. The second-order valence-corrected chi connectivity index (χ2v) is 5.62. The van der Waals surface area contributed by atoms with Crippen molar-refractivity contribution in [3.63, 3.8) is 0 Å². The highest BCUT2D eigenvalue weighted by Gasteiger charge is 1.99. The summed E-state index contributed by atoms with van der Waals surface area (Å²) in [6, 6.07) is 0. The summed E-state index contributed by atoms with van der Waals surface area (Å²) in [4.78, 5) is 22.5. The molecular formula is C14H30N4O4S2. The van der Waals surface area contributed by atoms with Crippen LogP contribution in [-0.2, 0) is 19.1 Å². The predicted octanol–water partition coefficient (Wildman–Crippen LogP) is -1.71. The lowest BCUT2D eigenvalue weighted by Gasteiger charge is -2.08. The third-order valence-corrected chi connectivity index (χ3v) is 3.10. The van der Waals surface area contributed by atoms with Crippen LogP contribution in [0.4, 0.5) is 0 Å². The fourth-order valence-electron chi connectivity index (χ4n) is 1.53. The Hall–Kier alpha value is -0.520. The second kappa shape index (κ2) is 18.8. The van der Waals surface area contributed by atoms with Gasteiger partial charge in [-0.2, -0.15) is 25.3 Å². The molecule has 0 saturated carbocycles. The Balaban J connectivity index is 3.15. The summed E-state index contributed by atoms with van der Waals surface area (Å²) in [5, 5.41) is 11.4. The summed E-state index contributed by atoms with van der Waals surface area (Å²) in [5.41, 5.74) is 0. The Morgan fingerprint density at radius 1 is 0.667 bits per heavy atom. The van der Waals surface area contributed by atoms with E-state index in [4.69, 9.17) is 9.47 Å². The predicted molar refractivity (Wildman–Crippen MR) is 101 cm³/mol. The van der Waals surface area contributed by atoms with Crippen LogP contribution in [0.1, 0.15) is 0 Å². The number of carbonyl (C=O) groups excluding carboxylic acids is 2. The summed E-state index contributed by atoms with van der Waals surface area (Å²) >= 11 is 8.02. The zero-order chi connectivity index (χ0) is 17.9. The van der Waals surface area contributed by atoms with Crippen molar-refractivity contribution in [2.24, 2.45) is 0 Å². The molecule has 0 radical (unpaired) electrons. The fraction of sp³-hybridized carbons (Fsp3) is 0.857. The first-order valence-corrected chi connectivity index (χ1v) is 9.29. The maximum absolute atomic E-state index is 11.3. The number of rotatable bonds is 17. The highest BCUT2D eigenvalue weighted by atomic mass is 32.1. The van der Waals surface area contributed by atoms with Gasteiger partial charge in [0.1, 0.15) is 0 Å². The van der Waals surface area contributed by atoms with E-state index >= 15 is 0 Å². The smallest absolute Gasteiger partial charge is 0.233 e. The van der Waals surface area contributed by atoms with Crippen LogP contribution in [0.5, 0.6) is 0 Å². The molecule has 0 bridgehead atoms. The fourth-order valence-corrected chi connectivity index (χ4v) is 1.75. The molecule has 0 aliphatic rings. The SMILES string of the molecule is O=C(CNCCOCCOCCNCC(=O)NCCS)NCCS. The van der Waals surface area contributed by atoms with E-state index in [2.05, 4.69) is 46.5 Å². The van der Waals surface area contributed by atoms with Gasteiger partial charge in [0, 0.05) is 37.7 Å². The van der Waals surface area contributed by atoms with E-state index in [0.29, 0.717) is 64.1 Å². The molecule has 0 atom stereocenters. The maximum atomic E-state index is 11.3. The van der Waals surface area contributed by atoms with Crippen molar-refractivity contribution in [3.8, 4) is 0 Å². The van der Waals surface area contributed by atoms with Crippen LogP contribution in [0.2, 0.25) is 0 Å². The minimum atomic E-state index is -0.0424. The Morgan fingerprint density at radius 3 is 1.46 bits per heavy atom. The van der Waals surface area contributed by atoms with Crippen LogP contribution in [-0.4, -0.2) is 89.0 Å². The van der Waals surface area contributed by atoms with Crippen molar-refractivity contribution in [2.45, 2.75) is 0 Å². The molecule has 0 aromatic rings. The zero-order valence-electron chi connectivity index (χ0n) is 14.0. The van der Waals surface area contributed by atoms with Crippen LogP contribution in [0.25, 0.3) is 0 Å². The van der Waals surface area contributed by atoms with Gasteiger partial charge in [0.15, 0.2) is 0 Å². The van der Waals surface area contributed by atoms with E-state index in [9.17, 15) is 9.59 Å². The minimum absolute atomic E-state index is 0.0424. The van der Waals surface area contributed by atoms with Gasteiger partial charge in [0.25, 0.3) is 0 Å². The van der Waals surface area contributed by atoms with Crippen LogP contribution in [0.15, 0.2) is 0 Å². The molecule has 0 aromatic carbocycles. The number of hydrogen-bond acceptors (Lipinski definition) is 8. The zero-order valence-corrected chi connectivity index (χ0v) is 15.8. The highest BCUT2D eigenvalue weighted by Crippen LogP contribution is 1.79. The quantitative estimate of drug-likeness (QED) is 0.132. The molecule has 10 heteroatoms. The summed E-state index contributed by atoms with van der Waals surface area (Å²) in [6.45, 7) is 4.96. The number of carbonyl (C=O) groups is 2. The minimum Gasteiger partial charge on any atom is -0.378 e. The molecule has 0 heterocycles. The molecule has 0 saturated heterocycles. The molecule has 4 N–H and O–H groups in total. The number of hydrogen-bond donors (Lipinski definition) is 6. The second-order valence-electron chi connectivity index (χ2n) is 4.73. The topological polar surface area (TPSA) is 101 Å². The molecule has 0 rings (SSSR count). The average molecular weight is 383 g/mol. The van der Waals surface area contributed by atoms with Crippen molar-refractivity contribution in [1.29, 1.82) is 0 Å². The Bertz CT molecular complexity index is 295. The van der Waals surface area contributed by atoms with Crippen LogP contribution in [0.3, 0.4) is 0 Å². The third kappa shape index (κ3) is 17.8. The number of amides is 2. The van der Waals surface area contributed by atoms with E-state index < -0.39 is 0 Å². The van der Waals surface area contributed by atoms with Gasteiger partial charge in [-0.3, -0.25) is 9.59 Å². The lowest BCUT2D eigenvalue weighted by molar-refractivity contribution is -0.121. The van der Waals surface area contributed by atoms with Gasteiger partial charge in [-0.15, -0.1) is 0 Å². The molecular weight excluding hydrogens is 352 g/mol. The molecule has 0 aromatic heterocycles. The van der Waals surface area contributed by atoms with Crippen molar-refractivity contribution in [1.82, 2.24) is 21.3 Å². The van der Waals surface area contributed by atoms with E-state index in [0.717, 1.165) is 0 Å². The van der Waals surface area contributed by atoms with E-state index in [-0.39, 0.29) is 24.9 Å². The van der Waals surface area contributed by atoms with Crippen molar-refractivity contribution >= 4 is 37.1 Å². The van der Waals surface area contributed by atoms with Crippen molar-refractivity contribution in [2.75, 3.05) is 77.2 Å². The number of nitrogens with one attached hydrogen (secondary N) is 4. The van der Waals surface area contributed by atoms with E-state index in [1.807, 2.05) is 0 Å². The summed E-state index contributed by atoms with van der Waals surface area (Å²) in [6.07, 6.45) is 0. The van der Waals surface area contributed by atoms with Gasteiger partial charge >= 0.3 is 0 Å². The molecule has 0 spiro atoms. The molecule has 142 valence electrons. The van der Waals surface area contributed by atoms with Crippen molar-refractivity contribution in [3.05, 3.63) is 0 Å². The maximum Gasteiger partial charge on any atom is 0.233 e. The van der Waals surface area contributed by atoms with Gasteiger partial charge in [-0.1, -0.05) is 0 Å². The summed E-state index contributed by atoms with van der Waals surface area (Å²) in [7, 11) is 0. The first-order chi connectivity index (χ1) is 11.7. The van der Waals surface area contributed by atoms with Crippen LogP contribution < -0.4 is 21.3 Å². The van der Waals surface area contributed by atoms with Gasteiger partial charge in [0.05, 0.1) is 39.5 Å². The highest BCUT2D eigenvalue weighted by molar-refractivity contribution is 7.80. The molecule has 2 amide bonds. The molecule has 0 unspecified atom stereocenters. The van der Waals surface area contributed by atoms with Crippen molar-refractivity contribution < 1.29 is 19.1 Å². The van der Waals surface area contributed by atoms with Gasteiger partial charge in [0.2, 0.25) is 11.8 Å². The van der Waals surface area contributed by atoms with E-state index in [1.54, 1.807) is 0 Å².